The Hall–Kier alpha value is -2.58. The molecule has 3 rings (SSSR count). The molecule has 1 amide bonds. The van der Waals surface area contributed by atoms with Crippen LogP contribution in [0.2, 0.25) is 5.02 Å². The van der Waals surface area contributed by atoms with Gasteiger partial charge in [-0.25, -0.2) is 4.79 Å². The normalized spacial score (nSPS) is 16.0. The topological polar surface area (TPSA) is 104 Å². The number of halogens is 1. The molecule has 2 N–H and O–H groups in total. The van der Waals surface area contributed by atoms with E-state index in [0.29, 0.717) is 28.0 Å². The number of furan rings is 1. The molecule has 2 aromatic rings. The summed E-state index contributed by atoms with van der Waals surface area (Å²) in [7, 11) is 0. The molecule has 1 aliphatic rings. The first kappa shape index (κ1) is 16.3. The highest BCUT2D eigenvalue weighted by atomic mass is 35.5. The van der Waals surface area contributed by atoms with Gasteiger partial charge in [-0.1, -0.05) is 23.4 Å². The van der Waals surface area contributed by atoms with Crippen LogP contribution in [-0.4, -0.2) is 34.1 Å². The van der Waals surface area contributed by atoms with Gasteiger partial charge in [-0.15, -0.1) is 5.10 Å². The Bertz CT molecular complexity index is 875. The van der Waals surface area contributed by atoms with Crippen LogP contribution in [0.5, 0.6) is 0 Å². The van der Waals surface area contributed by atoms with Gasteiger partial charge in [0.2, 0.25) is 5.91 Å². The van der Waals surface area contributed by atoms with Gasteiger partial charge in [-0.3, -0.25) is 4.79 Å². The van der Waals surface area contributed by atoms with Crippen LogP contribution in [0.4, 0.5) is 0 Å². The molecule has 0 spiro atoms. The maximum Gasteiger partial charge on any atom is 0.337 e. The molecule has 0 radical (unpaired) electrons. The van der Waals surface area contributed by atoms with Crippen LogP contribution < -0.4 is 5.32 Å². The van der Waals surface area contributed by atoms with Crippen molar-refractivity contribution in [3.05, 3.63) is 46.7 Å². The fourth-order valence-corrected chi connectivity index (χ4v) is 2.77. The zero-order chi connectivity index (χ0) is 17.1. The first-order valence-electron chi connectivity index (χ1n) is 6.69. The molecule has 0 bridgehead atoms. The number of hydrogen-bond acceptors (Lipinski definition) is 6. The van der Waals surface area contributed by atoms with Gasteiger partial charge in [-0.05, 0) is 30.3 Å². The van der Waals surface area contributed by atoms with Gasteiger partial charge >= 0.3 is 5.97 Å². The summed E-state index contributed by atoms with van der Waals surface area (Å²) < 4.78 is 5.58. The van der Waals surface area contributed by atoms with E-state index in [1.165, 1.54) is 30.1 Å². The minimum Gasteiger partial charge on any atom is -0.478 e. The molecule has 122 valence electrons. The van der Waals surface area contributed by atoms with Crippen LogP contribution in [0.15, 0.2) is 45.0 Å². The summed E-state index contributed by atoms with van der Waals surface area (Å²) in [5, 5.41) is 20.0. The number of aromatic carboxylic acids is 1. The summed E-state index contributed by atoms with van der Waals surface area (Å²) in [6.07, 6.45) is 1.40. The molecule has 2 heterocycles. The Morgan fingerprint density at radius 1 is 1.38 bits per heavy atom. The van der Waals surface area contributed by atoms with Crippen LogP contribution in [0.25, 0.3) is 11.3 Å². The first-order valence-corrected chi connectivity index (χ1v) is 8.06. The first-order chi connectivity index (χ1) is 11.5. The molecular weight excluding hydrogens is 354 g/mol. The molecule has 1 aromatic heterocycles. The van der Waals surface area contributed by atoms with Crippen LogP contribution >= 0.6 is 23.4 Å². The third-order valence-electron chi connectivity index (χ3n) is 3.03. The second-order valence-corrected chi connectivity index (χ2v) is 6.06. The highest BCUT2D eigenvalue weighted by Gasteiger charge is 2.16. The van der Waals surface area contributed by atoms with E-state index < -0.39 is 5.97 Å². The van der Waals surface area contributed by atoms with Crippen molar-refractivity contribution in [3.63, 3.8) is 0 Å². The van der Waals surface area contributed by atoms with Crippen LogP contribution in [-0.2, 0) is 4.79 Å². The second kappa shape index (κ2) is 6.90. The minimum atomic E-state index is -1.11. The Labute approximate surface area is 145 Å². The van der Waals surface area contributed by atoms with Gasteiger partial charge in [-0.2, -0.15) is 5.10 Å². The number of thioether (sulfide) groups is 1. The fraction of sp³-hybridized carbons (Fsp3) is 0.0667. The van der Waals surface area contributed by atoms with E-state index >= 15 is 0 Å². The van der Waals surface area contributed by atoms with Crippen molar-refractivity contribution in [2.75, 3.05) is 5.75 Å². The summed E-state index contributed by atoms with van der Waals surface area (Å²) >= 11 is 7.12. The largest absolute Gasteiger partial charge is 0.478 e. The van der Waals surface area contributed by atoms with Crippen molar-refractivity contribution >= 4 is 46.6 Å². The zero-order valence-corrected chi connectivity index (χ0v) is 13.6. The van der Waals surface area contributed by atoms with E-state index in [2.05, 4.69) is 15.5 Å². The Balaban J connectivity index is 1.77. The summed E-state index contributed by atoms with van der Waals surface area (Å²) in [6, 6.07) is 7.97. The molecule has 1 aliphatic heterocycles. The summed E-state index contributed by atoms with van der Waals surface area (Å²) in [6.45, 7) is 0. The lowest BCUT2D eigenvalue weighted by Crippen LogP contribution is -2.19. The summed E-state index contributed by atoms with van der Waals surface area (Å²) in [4.78, 5) is 22.1. The zero-order valence-electron chi connectivity index (χ0n) is 12.0. The average molecular weight is 364 g/mol. The van der Waals surface area contributed by atoms with Crippen LogP contribution in [0, 0.1) is 0 Å². The number of hydrogen-bond donors (Lipinski definition) is 2. The Kier molecular flexibility index (Phi) is 4.68. The number of carboxylic acid groups (broad SMARTS) is 1. The monoisotopic (exact) mass is 363 g/mol. The van der Waals surface area contributed by atoms with Crippen LogP contribution in [0.3, 0.4) is 0 Å². The molecule has 0 aliphatic carbocycles. The lowest BCUT2D eigenvalue weighted by molar-refractivity contribution is -0.116. The molecule has 24 heavy (non-hydrogen) atoms. The fourth-order valence-electron chi connectivity index (χ4n) is 1.94. The predicted octanol–water partition coefficient (Wildman–Crippen LogP) is 2.85. The molecule has 1 fully saturated rings. The highest BCUT2D eigenvalue weighted by Crippen LogP contribution is 2.26. The van der Waals surface area contributed by atoms with Crippen molar-refractivity contribution in [1.82, 2.24) is 5.32 Å². The maximum absolute atomic E-state index is 11.1. The number of nitrogens with one attached hydrogen (secondary N) is 1. The van der Waals surface area contributed by atoms with E-state index in [1.807, 2.05) is 0 Å². The SMILES string of the molecule is O=C1CS/C(=N\N=C\c2ccc(-c3ccc(Cl)c(C(=O)O)c3)o2)N1. The van der Waals surface area contributed by atoms with Crippen molar-refractivity contribution in [1.29, 1.82) is 0 Å². The number of rotatable bonds is 4. The van der Waals surface area contributed by atoms with Crippen LogP contribution in [0.1, 0.15) is 16.1 Å². The smallest absolute Gasteiger partial charge is 0.337 e. The lowest BCUT2D eigenvalue weighted by Gasteiger charge is -2.01. The van der Waals surface area contributed by atoms with E-state index in [0.717, 1.165) is 0 Å². The van der Waals surface area contributed by atoms with Crippen molar-refractivity contribution < 1.29 is 19.1 Å². The third kappa shape index (κ3) is 3.66. The minimum absolute atomic E-state index is 0.00110. The number of amidine groups is 1. The van der Waals surface area contributed by atoms with Gasteiger partial charge in [0.15, 0.2) is 5.17 Å². The highest BCUT2D eigenvalue weighted by molar-refractivity contribution is 8.15. The van der Waals surface area contributed by atoms with Crippen molar-refractivity contribution in [2.24, 2.45) is 10.2 Å². The van der Waals surface area contributed by atoms with Crippen molar-refractivity contribution in [3.8, 4) is 11.3 Å². The predicted molar refractivity (Wildman–Crippen MR) is 91.7 cm³/mol. The van der Waals surface area contributed by atoms with E-state index in [-0.39, 0.29) is 16.5 Å². The number of benzene rings is 1. The Morgan fingerprint density at radius 2 is 2.21 bits per heavy atom. The number of nitrogens with zero attached hydrogens (tertiary/aromatic N) is 2. The standard InChI is InChI=1S/C15H10ClN3O4S/c16-11-3-1-8(5-10(11)14(21)22)12-4-2-9(23-12)6-17-19-15-18-13(20)7-24-15/h1-6H,7H2,(H,21,22)(H,18,19,20)/b17-6+. The maximum atomic E-state index is 11.1. The van der Waals surface area contributed by atoms with Gasteiger partial charge in [0.05, 0.1) is 22.6 Å². The number of amides is 1. The molecule has 0 unspecified atom stereocenters. The summed E-state index contributed by atoms with van der Waals surface area (Å²) in [5.74, 6) is 0.0394. The molecule has 1 aromatic carbocycles. The van der Waals surface area contributed by atoms with E-state index in [9.17, 15) is 9.59 Å². The second-order valence-electron chi connectivity index (χ2n) is 4.69. The van der Waals surface area contributed by atoms with E-state index in [1.54, 1.807) is 18.2 Å². The van der Waals surface area contributed by atoms with Gasteiger partial charge in [0, 0.05) is 5.56 Å². The van der Waals surface area contributed by atoms with Gasteiger partial charge < -0.3 is 14.8 Å². The number of carboxylic acids is 1. The van der Waals surface area contributed by atoms with E-state index in [4.69, 9.17) is 21.1 Å². The van der Waals surface area contributed by atoms with Crippen molar-refractivity contribution in [2.45, 2.75) is 0 Å². The number of carbonyl (C=O) groups is 2. The lowest BCUT2D eigenvalue weighted by atomic mass is 10.1. The molecular formula is C15H10ClN3O4S. The van der Waals surface area contributed by atoms with Gasteiger partial charge in [0.25, 0.3) is 0 Å². The van der Waals surface area contributed by atoms with Gasteiger partial charge in [0.1, 0.15) is 11.5 Å². The molecule has 0 atom stereocenters. The third-order valence-corrected chi connectivity index (χ3v) is 4.22. The quantitative estimate of drug-likeness (QED) is 0.642. The molecule has 1 saturated heterocycles. The molecule has 9 heteroatoms. The molecule has 0 saturated carbocycles. The Morgan fingerprint density at radius 3 is 2.92 bits per heavy atom. The molecule has 7 nitrogen and oxygen atoms in total. The average Bonchev–Trinajstić information content (AvgIpc) is 3.17. The summed E-state index contributed by atoms with van der Waals surface area (Å²) in [5.41, 5.74) is 0.586. The number of carbonyl (C=O) groups excluding carboxylic acids is 1.